The van der Waals surface area contributed by atoms with Crippen molar-refractivity contribution < 1.29 is 4.79 Å². The van der Waals surface area contributed by atoms with Crippen LogP contribution in [0.1, 0.15) is 36.3 Å². The van der Waals surface area contributed by atoms with Crippen molar-refractivity contribution in [3.8, 4) is 11.3 Å². The number of rotatable bonds is 3. The summed E-state index contributed by atoms with van der Waals surface area (Å²) in [6.45, 7) is 4.28. The minimum absolute atomic E-state index is 0.0327. The number of fused-ring (bicyclic) bond motifs is 1. The predicted octanol–water partition coefficient (Wildman–Crippen LogP) is 5.74. The van der Waals surface area contributed by atoms with Crippen molar-refractivity contribution in [3.63, 3.8) is 0 Å². The molecule has 2 heterocycles. The number of aromatic amines is 1. The van der Waals surface area contributed by atoms with E-state index in [1.54, 1.807) is 12.4 Å². The normalized spacial score (nSPS) is 15.6. The number of carbonyl (C=O) groups is 1. The number of nitrogens with zero attached hydrogens (tertiary/aromatic N) is 1. The summed E-state index contributed by atoms with van der Waals surface area (Å²) < 4.78 is 0.958. The number of carbonyl (C=O) groups excluding carboxylic acids is 1. The lowest BCUT2D eigenvalue weighted by Gasteiger charge is -2.28. The summed E-state index contributed by atoms with van der Waals surface area (Å²) in [5.74, 6) is 0.183. The smallest absolute Gasteiger partial charge is 0.167 e. The van der Waals surface area contributed by atoms with Gasteiger partial charge in [0.1, 0.15) is 0 Å². The van der Waals surface area contributed by atoms with Gasteiger partial charge in [0.25, 0.3) is 0 Å². The molecule has 0 radical (unpaired) electrons. The minimum Gasteiger partial charge on any atom is -0.356 e. The maximum atomic E-state index is 13.0. The van der Waals surface area contributed by atoms with Crippen LogP contribution in [0.4, 0.5) is 11.4 Å². The van der Waals surface area contributed by atoms with Crippen LogP contribution in [0, 0.1) is 5.41 Å². The average Bonchev–Trinajstić information content (AvgIpc) is 2.95. The Kier molecular flexibility index (Phi) is 4.19. The Morgan fingerprint density at radius 1 is 1.12 bits per heavy atom. The summed E-state index contributed by atoms with van der Waals surface area (Å²) in [7, 11) is 0. The molecule has 3 aromatic rings. The number of pyridine rings is 1. The number of ketones is 1. The predicted molar refractivity (Wildman–Crippen MR) is 108 cm³/mol. The fourth-order valence-corrected chi connectivity index (χ4v) is 4.00. The van der Waals surface area contributed by atoms with Crippen LogP contribution in [0.2, 0.25) is 0 Å². The molecule has 0 saturated carbocycles. The number of H-pyrrole nitrogens is 1. The van der Waals surface area contributed by atoms with Crippen LogP contribution in [0.15, 0.2) is 53.3 Å². The van der Waals surface area contributed by atoms with Gasteiger partial charge in [-0.05, 0) is 52.0 Å². The molecule has 0 bridgehead atoms. The third kappa shape index (κ3) is 3.07. The fourth-order valence-electron chi connectivity index (χ4n) is 3.61. The highest BCUT2D eigenvalue weighted by molar-refractivity contribution is 9.10. The fraction of sp³-hybridized carbons (Fsp3) is 0.238. The molecule has 1 aromatic carbocycles. The van der Waals surface area contributed by atoms with Crippen LogP contribution in [-0.2, 0) is 6.42 Å². The van der Waals surface area contributed by atoms with Crippen molar-refractivity contribution in [2.45, 2.75) is 26.7 Å². The van der Waals surface area contributed by atoms with Crippen LogP contribution >= 0.6 is 15.9 Å². The Hall–Kier alpha value is -2.40. The molecule has 26 heavy (non-hydrogen) atoms. The Bertz CT molecular complexity index is 976. The van der Waals surface area contributed by atoms with Gasteiger partial charge in [-0.25, -0.2) is 0 Å². The molecule has 0 aliphatic heterocycles. The van der Waals surface area contributed by atoms with Gasteiger partial charge in [-0.2, -0.15) is 0 Å². The van der Waals surface area contributed by atoms with Crippen molar-refractivity contribution in [3.05, 3.63) is 64.5 Å². The second kappa shape index (κ2) is 6.40. The van der Waals surface area contributed by atoms with Crippen molar-refractivity contribution in [2.24, 2.45) is 5.41 Å². The number of Topliss-reactive ketones (excluding diaryl/α,β-unsaturated/α-hetero) is 1. The van der Waals surface area contributed by atoms with Gasteiger partial charge in [-0.3, -0.25) is 9.78 Å². The highest BCUT2D eigenvalue weighted by atomic mass is 79.9. The molecule has 0 unspecified atom stereocenters. The van der Waals surface area contributed by atoms with Crippen molar-refractivity contribution >= 4 is 33.1 Å². The molecule has 4 nitrogen and oxygen atoms in total. The first-order valence-corrected chi connectivity index (χ1v) is 9.44. The summed E-state index contributed by atoms with van der Waals surface area (Å²) >= 11 is 3.58. The van der Waals surface area contributed by atoms with E-state index in [4.69, 9.17) is 0 Å². The molecule has 132 valence electrons. The number of hydrogen-bond donors (Lipinski definition) is 2. The molecule has 2 N–H and O–H groups in total. The number of nitrogens with one attached hydrogen (secondary N) is 2. The molecule has 0 amide bonds. The zero-order valence-electron chi connectivity index (χ0n) is 14.8. The monoisotopic (exact) mass is 409 g/mol. The summed E-state index contributed by atoms with van der Waals surface area (Å²) in [5, 5.41) is 3.49. The maximum Gasteiger partial charge on any atom is 0.167 e. The van der Waals surface area contributed by atoms with Crippen LogP contribution in [0.25, 0.3) is 11.3 Å². The number of benzene rings is 1. The van der Waals surface area contributed by atoms with Crippen molar-refractivity contribution in [1.82, 2.24) is 9.97 Å². The van der Waals surface area contributed by atoms with Gasteiger partial charge < -0.3 is 10.3 Å². The van der Waals surface area contributed by atoms with Gasteiger partial charge in [0.05, 0.1) is 22.6 Å². The number of halogens is 1. The quantitative estimate of drug-likeness (QED) is 0.579. The summed E-state index contributed by atoms with van der Waals surface area (Å²) in [4.78, 5) is 20.6. The Morgan fingerprint density at radius 3 is 2.58 bits per heavy atom. The third-order valence-electron chi connectivity index (χ3n) is 4.75. The first-order chi connectivity index (χ1) is 12.4. The lowest BCUT2D eigenvalue weighted by molar-refractivity contribution is 0.0912. The molecular formula is C21H20BrN3O. The average molecular weight is 410 g/mol. The second-order valence-electron chi connectivity index (χ2n) is 7.51. The molecule has 0 atom stereocenters. The molecule has 1 aliphatic carbocycles. The number of para-hydroxylation sites is 1. The molecule has 0 spiro atoms. The largest absolute Gasteiger partial charge is 0.356 e. The molecule has 0 saturated heterocycles. The molecule has 0 fully saturated rings. The summed E-state index contributed by atoms with van der Waals surface area (Å²) in [6.07, 6.45) is 4.94. The van der Waals surface area contributed by atoms with E-state index >= 15 is 0 Å². The van der Waals surface area contributed by atoms with E-state index < -0.39 is 0 Å². The first kappa shape index (κ1) is 17.0. The van der Waals surface area contributed by atoms with Crippen LogP contribution < -0.4 is 5.32 Å². The highest BCUT2D eigenvalue weighted by Crippen LogP contribution is 2.43. The van der Waals surface area contributed by atoms with E-state index in [1.165, 1.54) is 0 Å². The van der Waals surface area contributed by atoms with E-state index in [0.717, 1.165) is 44.8 Å². The molecule has 5 heteroatoms. The Morgan fingerprint density at radius 2 is 1.85 bits per heavy atom. The van der Waals surface area contributed by atoms with Crippen LogP contribution in [-0.4, -0.2) is 15.8 Å². The lowest BCUT2D eigenvalue weighted by atomic mass is 9.76. The maximum absolute atomic E-state index is 13.0. The topological polar surface area (TPSA) is 57.8 Å². The second-order valence-corrected chi connectivity index (χ2v) is 8.36. The third-order valence-corrected chi connectivity index (χ3v) is 5.44. The minimum atomic E-state index is -0.0327. The SMILES string of the molecule is CC1(C)CC(=O)c2c([nH]c(-c3ccncc3)c2Nc2ccccc2Br)C1. The van der Waals surface area contributed by atoms with E-state index in [0.29, 0.717) is 6.42 Å². The molecule has 2 aromatic heterocycles. The van der Waals surface area contributed by atoms with Gasteiger partial charge in [-0.15, -0.1) is 0 Å². The molecule has 4 rings (SSSR count). The van der Waals surface area contributed by atoms with Gasteiger partial charge in [0.2, 0.25) is 0 Å². The first-order valence-electron chi connectivity index (χ1n) is 8.65. The van der Waals surface area contributed by atoms with Crippen molar-refractivity contribution in [1.29, 1.82) is 0 Å². The van der Waals surface area contributed by atoms with Gasteiger partial charge >= 0.3 is 0 Å². The summed E-state index contributed by atoms with van der Waals surface area (Å²) in [5.41, 5.74) is 5.48. The van der Waals surface area contributed by atoms with E-state index in [9.17, 15) is 4.79 Å². The standard InChI is InChI=1S/C21H20BrN3O/c1-21(2)11-16-18(17(26)12-21)20(24-15-6-4-3-5-14(15)22)19(25-16)13-7-9-23-10-8-13/h3-10,24-25H,11-12H2,1-2H3. The van der Waals surface area contributed by atoms with Crippen LogP contribution in [0.5, 0.6) is 0 Å². The Balaban J connectivity index is 1.89. The molecular weight excluding hydrogens is 390 g/mol. The van der Waals surface area contributed by atoms with Gasteiger partial charge in [0, 0.05) is 34.5 Å². The number of anilines is 2. The highest BCUT2D eigenvalue weighted by Gasteiger charge is 2.35. The van der Waals surface area contributed by atoms with E-state index in [2.05, 4.69) is 45.1 Å². The van der Waals surface area contributed by atoms with E-state index in [-0.39, 0.29) is 11.2 Å². The number of aromatic nitrogens is 2. The Labute approximate surface area is 161 Å². The van der Waals surface area contributed by atoms with E-state index in [1.807, 2.05) is 36.4 Å². The van der Waals surface area contributed by atoms with Gasteiger partial charge in [-0.1, -0.05) is 26.0 Å². The van der Waals surface area contributed by atoms with Crippen LogP contribution in [0.3, 0.4) is 0 Å². The number of hydrogen-bond acceptors (Lipinski definition) is 3. The van der Waals surface area contributed by atoms with Crippen molar-refractivity contribution in [2.75, 3.05) is 5.32 Å². The summed E-state index contributed by atoms with van der Waals surface area (Å²) in [6, 6.07) is 11.8. The van der Waals surface area contributed by atoms with Gasteiger partial charge in [0.15, 0.2) is 5.78 Å². The lowest BCUT2D eigenvalue weighted by Crippen LogP contribution is -2.26. The zero-order valence-corrected chi connectivity index (χ0v) is 16.4. The zero-order chi connectivity index (χ0) is 18.3. The molecule has 1 aliphatic rings.